The van der Waals surface area contributed by atoms with Gasteiger partial charge in [-0.3, -0.25) is 18.8 Å². The van der Waals surface area contributed by atoms with Crippen LogP contribution in [0.2, 0.25) is 5.02 Å². The molecule has 11 nitrogen and oxygen atoms in total. The van der Waals surface area contributed by atoms with E-state index in [-0.39, 0.29) is 101 Å². The second-order valence-corrected chi connectivity index (χ2v) is 15.0. The summed E-state index contributed by atoms with van der Waals surface area (Å²) in [5, 5.41) is 4.93. The molecule has 272 valence electrons. The highest BCUT2D eigenvalue weighted by Crippen LogP contribution is 2.41. The molecule has 0 unspecified atom stereocenters. The van der Waals surface area contributed by atoms with E-state index in [2.05, 4.69) is 9.82 Å². The molecule has 1 fully saturated rings. The van der Waals surface area contributed by atoms with Crippen molar-refractivity contribution in [2.75, 3.05) is 24.2 Å². The van der Waals surface area contributed by atoms with Crippen LogP contribution in [-0.2, 0) is 27.7 Å². The number of ether oxygens (including phenoxy) is 1. The van der Waals surface area contributed by atoms with E-state index < -0.39 is 39.2 Å². The van der Waals surface area contributed by atoms with Crippen LogP contribution < -0.4 is 16.0 Å². The minimum Gasteiger partial charge on any atom is -0.380 e. The molecule has 1 saturated carbocycles. The van der Waals surface area contributed by atoms with E-state index in [1.54, 1.807) is 19.1 Å². The van der Waals surface area contributed by atoms with Crippen LogP contribution in [-0.4, -0.2) is 58.1 Å². The molecular formula is C34H36ClF4N7O4S. The fraction of sp³-hybridized carbons (Fsp3) is 0.412. The van der Waals surface area contributed by atoms with Gasteiger partial charge in [-0.2, -0.15) is 5.10 Å². The first-order valence-corrected chi connectivity index (χ1v) is 18.6. The third-order valence-electron chi connectivity index (χ3n) is 8.92. The Hall–Kier alpha value is -4.12. The zero-order valence-electron chi connectivity index (χ0n) is 28.0. The minimum atomic E-state index is -3.83. The van der Waals surface area contributed by atoms with Gasteiger partial charge in [-0.25, -0.2) is 35.9 Å². The second-order valence-electron chi connectivity index (χ2n) is 12.8. The molecule has 0 saturated heterocycles. The van der Waals surface area contributed by atoms with Crippen LogP contribution in [0, 0.1) is 18.6 Å². The van der Waals surface area contributed by atoms with Crippen LogP contribution in [0.4, 0.5) is 23.4 Å². The Morgan fingerprint density at radius 2 is 1.78 bits per heavy atom. The molecule has 0 radical (unpaired) electrons. The van der Waals surface area contributed by atoms with Crippen LogP contribution in [0.5, 0.6) is 0 Å². The van der Waals surface area contributed by atoms with Gasteiger partial charge in [0.1, 0.15) is 17.5 Å². The molecule has 0 amide bonds. The monoisotopic (exact) mass is 749 g/mol. The number of nitrogens with one attached hydrogen (secondary N) is 1. The van der Waals surface area contributed by atoms with Crippen molar-refractivity contribution in [3.05, 3.63) is 86.1 Å². The molecule has 6 rings (SSSR count). The fourth-order valence-electron chi connectivity index (χ4n) is 6.65. The molecule has 3 N–H and O–H groups in total. The summed E-state index contributed by atoms with van der Waals surface area (Å²) in [5.41, 5.74) is 7.84. The number of sulfonamides is 1. The first-order chi connectivity index (χ1) is 24.0. The standard InChI is InChI=1S/C34H36ClF4N7O4S/c1-4-50-12-11-45-29-26(6-5-23(35)28(29)31(43-45)44-51(3,48)49)46-32(24(40)16-19-14-21(36)17-22(37)15-19)42-30-27(33(46)47)18(2)13-25(41-30)20-7-9-34(38,39)10-8-20/h5-6,13-15,17,20,24H,4,7-12,16,40H2,1-3H3,(H,43,44)/t24-/m0/s1. The maximum Gasteiger partial charge on any atom is 0.268 e. The Bertz CT molecular complexity index is 2290. The van der Waals surface area contributed by atoms with Crippen molar-refractivity contribution in [1.82, 2.24) is 24.3 Å². The summed E-state index contributed by atoms with van der Waals surface area (Å²) in [5.74, 6) is -4.77. The highest BCUT2D eigenvalue weighted by Gasteiger charge is 2.36. The lowest BCUT2D eigenvalue weighted by atomic mass is 9.84. The molecule has 51 heavy (non-hydrogen) atoms. The highest BCUT2D eigenvalue weighted by molar-refractivity contribution is 7.92. The summed E-state index contributed by atoms with van der Waals surface area (Å²) in [7, 11) is -3.83. The fourth-order valence-corrected chi connectivity index (χ4v) is 7.38. The van der Waals surface area contributed by atoms with Crippen molar-refractivity contribution in [2.24, 2.45) is 5.73 Å². The largest absolute Gasteiger partial charge is 0.380 e. The maximum absolute atomic E-state index is 14.8. The van der Waals surface area contributed by atoms with Crippen molar-refractivity contribution < 1.29 is 30.7 Å². The van der Waals surface area contributed by atoms with Crippen molar-refractivity contribution in [3.63, 3.8) is 0 Å². The quantitative estimate of drug-likeness (QED) is 0.118. The molecule has 0 bridgehead atoms. The molecule has 2 aromatic carbocycles. The minimum absolute atomic E-state index is 0.0322. The Balaban J connectivity index is 1.62. The number of hydrogen-bond acceptors (Lipinski definition) is 8. The Morgan fingerprint density at radius 1 is 1.10 bits per heavy atom. The summed E-state index contributed by atoms with van der Waals surface area (Å²) in [6.45, 7) is 4.22. The van der Waals surface area contributed by atoms with E-state index in [1.807, 2.05) is 6.92 Å². The summed E-state index contributed by atoms with van der Waals surface area (Å²) >= 11 is 6.66. The number of fused-ring (bicyclic) bond motifs is 2. The summed E-state index contributed by atoms with van der Waals surface area (Å²) < 4.78 is 91.8. The predicted octanol–water partition coefficient (Wildman–Crippen LogP) is 6.31. The molecule has 0 aliphatic heterocycles. The van der Waals surface area contributed by atoms with Crippen molar-refractivity contribution in [1.29, 1.82) is 0 Å². The van der Waals surface area contributed by atoms with Gasteiger partial charge in [0.05, 0.1) is 52.4 Å². The molecule has 5 aromatic rings. The number of alkyl halides is 2. The van der Waals surface area contributed by atoms with Crippen molar-refractivity contribution in [3.8, 4) is 5.69 Å². The Morgan fingerprint density at radius 3 is 2.43 bits per heavy atom. The van der Waals surface area contributed by atoms with Gasteiger partial charge in [-0.05, 0) is 74.6 Å². The molecule has 3 heterocycles. The van der Waals surface area contributed by atoms with Crippen molar-refractivity contribution >= 4 is 49.4 Å². The van der Waals surface area contributed by atoms with Gasteiger partial charge >= 0.3 is 0 Å². The Kier molecular flexibility index (Phi) is 10.2. The van der Waals surface area contributed by atoms with E-state index in [9.17, 15) is 30.8 Å². The lowest BCUT2D eigenvalue weighted by Gasteiger charge is -2.28. The number of benzene rings is 2. The lowest BCUT2D eigenvalue weighted by molar-refractivity contribution is -0.0384. The van der Waals surface area contributed by atoms with Gasteiger partial charge < -0.3 is 10.5 Å². The van der Waals surface area contributed by atoms with Gasteiger partial charge in [0.2, 0.25) is 15.9 Å². The Labute approximate surface area is 295 Å². The summed E-state index contributed by atoms with van der Waals surface area (Å²) in [6.07, 6.45) is 0.653. The third-order valence-corrected chi connectivity index (χ3v) is 9.80. The van der Waals surface area contributed by atoms with Gasteiger partial charge in [0.15, 0.2) is 11.5 Å². The normalized spacial score (nSPS) is 15.9. The zero-order chi connectivity index (χ0) is 36.8. The first kappa shape index (κ1) is 36.7. The van der Waals surface area contributed by atoms with Crippen LogP contribution in [0.15, 0.2) is 41.2 Å². The number of nitrogens with zero attached hydrogens (tertiary/aromatic N) is 5. The van der Waals surface area contributed by atoms with E-state index >= 15 is 0 Å². The summed E-state index contributed by atoms with van der Waals surface area (Å²) in [6, 6.07) is 6.56. The molecule has 17 heteroatoms. The van der Waals surface area contributed by atoms with E-state index in [4.69, 9.17) is 32.0 Å². The molecule has 3 aromatic heterocycles. The van der Waals surface area contributed by atoms with Gasteiger partial charge in [-0.1, -0.05) is 11.6 Å². The zero-order valence-corrected chi connectivity index (χ0v) is 29.6. The average molecular weight is 750 g/mol. The topological polar surface area (TPSA) is 147 Å². The third kappa shape index (κ3) is 7.73. The smallest absolute Gasteiger partial charge is 0.268 e. The number of pyridine rings is 1. The van der Waals surface area contributed by atoms with Crippen LogP contribution in [0.25, 0.3) is 27.6 Å². The number of hydrogen-bond donors (Lipinski definition) is 2. The van der Waals surface area contributed by atoms with E-state index in [0.717, 1.165) is 24.5 Å². The van der Waals surface area contributed by atoms with Crippen LogP contribution >= 0.6 is 11.6 Å². The number of nitrogens with two attached hydrogens (primary N) is 1. The molecular weight excluding hydrogens is 714 g/mol. The van der Waals surface area contributed by atoms with Gasteiger partial charge in [0.25, 0.3) is 5.56 Å². The number of aryl methyl sites for hydroxylation is 1. The van der Waals surface area contributed by atoms with Crippen molar-refractivity contribution in [2.45, 2.75) is 70.4 Å². The maximum atomic E-state index is 14.8. The molecule has 1 aliphatic rings. The average Bonchev–Trinajstić information content (AvgIpc) is 3.38. The second kappa shape index (κ2) is 14.1. The van der Waals surface area contributed by atoms with Gasteiger partial charge in [-0.15, -0.1) is 0 Å². The SMILES string of the molecule is CCOCCn1nc(NS(C)(=O)=O)c2c(Cl)ccc(-n3c([C@@H](N)Cc4cc(F)cc(F)c4)nc4nc(C5CCC(F)(F)CC5)cc(C)c4c3=O)c21. The molecule has 1 aliphatic carbocycles. The number of anilines is 1. The van der Waals surface area contributed by atoms with E-state index in [1.165, 1.54) is 15.3 Å². The predicted molar refractivity (Wildman–Crippen MR) is 186 cm³/mol. The summed E-state index contributed by atoms with van der Waals surface area (Å²) in [4.78, 5) is 24.2. The number of aromatic nitrogens is 5. The van der Waals surface area contributed by atoms with Gasteiger partial charge in [0, 0.05) is 37.1 Å². The highest BCUT2D eigenvalue weighted by atomic mass is 35.5. The van der Waals surface area contributed by atoms with E-state index in [0.29, 0.717) is 17.9 Å². The lowest BCUT2D eigenvalue weighted by Crippen LogP contribution is -2.31. The van der Waals surface area contributed by atoms with Crippen LogP contribution in [0.3, 0.4) is 0 Å². The first-order valence-electron chi connectivity index (χ1n) is 16.3. The number of rotatable bonds is 11. The number of halogens is 5. The molecule has 0 spiro atoms. The molecule has 1 atom stereocenters. The van der Waals surface area contributed by atoms with Crippen LogP contribution in [0.1, 0.15) is 67.2 Å².